The zero-order valence-electron chi connectivity index (χ0n) is 18.1. The molecule has 0 atom stereocenters. The van der Waals surface area contributed by atoms with Crippen LogP contribution in [0.15, 0.2) is 54.6 Å². The molecule has 0 aromatic heterocycles. The van der Waals surface area contributed by atoms with Crippen molar-refractivity contribution in [2.75, 3.05) is 47.5 Å². The number of benzene rings is 3. The summed E-state index contributed by atoms with van der Waals surface area (Å²) in [6.07, 6.45) is 0. The van der Waals surface area contributed by atoms with Crippen LogP contribution in [-0.4, -0.2) is 57.3 Å². The van der Waals surface area contributed by atoms with Gasteiger partial charge in [-0.05, 0) is 40.1 Å². The second kappa shape index (κ2) is 9.37. The van der Waals surface area contributed by atoms with Gasteiger partial charge in [0, 0.05) is 39.3 Å². The number of rotatable bonds is 7. The number of methoxy groups -OCH3 is 3. The van der Waals surface area contributed by atoms with Crippen LogP contribution in [0.4, 0.5) is 0 Å². The maximum absolute atomic E-state index is 5.49. The molecule has 3 aromatic carbocycles. The molecule has 0 bridgehead atoms. The van der Waals surface area contributed by atoms with Crippen molar-refractivity contribution in [3.05, 3.63) is 65.7 Å². The summed E-state index contributed by atoms with van der Waals surface area (Å²) in [5.41, 5.74) is 2.55. The van der Waals surface area contributed by atoms with Gasteiger partial charge in [0.25, 0.3) is 0 Å². The minimum atomic E-state index is 0.643. The molecule has 158 valence electrons. The van der Waals surface area contributed by atoms with E-state index >= 15 is 0 Å². The molecule has 1 saturated heterocycles. The Bertz CT molecular complexity index is 972. The maximum atomic E-state index is 5.49. The Morgan fingerprint density at radius 2 is 1.20 bits per heavy atom. The van der Waals surface area contributed by atoms with Crippen molar-refractivity contribution in [3.8, 4) is 17.2 Å². The van der Waals surface area contributed by atoms with E-state index in [1.54, 1.807) is 21.3 Å². The van der Waals surface area contributed by atoms with Crippen LogP contribution >= 0.6 is 0 Å². The van der Waals surface area contributed by atoms with Crippen molar-refractivity contribution >= 4 is 10.8 Å². The van der Waals surface area contributed by atoms with Crippen LogP contribution in [0.1, 0.15) is 11.1 Å². The summed E-state index contributed by atoms with van der Waals surface area (Å²) >= 11 is 0. The first-order valence-corrected chi connectivity index (χ1v) is 10.4. The molecule has 5 nitrogen and oxygen atoms in total. The average molecular weight is 407 g/mol. The first-order chi connectivity index (χ1) is 14.7. The van der Waals surface area contributed by atoms with Crippen molar-refractivity contribution in [1.29, 1.82) is 0 Å². The molecule has 0 saturated carbocycles. The summed E-state index contributed by atoms with van der Waals surface area (Å²) in [5.74, 6) is 2.06. The highest BCUT2D eigenvalue weighted by Gasteiger charge is 2.19. The zero-order chi connectivity index (χ0) is 20.9. The predicted molar refractivity (Wildman–Crippen MR) is 121 cm³/mol. The van der Waals surface area contributed by atoms with Crippen LogP contribution in [0.25, 0.3) is 10.8 Å². The number of ether oxygens (including phenoxy) is 3. The van der Waals surface area contributed by atoms with Crippen molar-refractivity contribution in [2.24, 2.45) is 0 Å². The molecule has 1 aliphatic rings. The van der Waals surface area contributed by atoms with Gasteiger partial charge >= 0.3 is 0 Å². The van der Waals surface area contributed by atoms with Gasteiger partial charge in [-0.15, -0.1) is 0 Å². The molecule has 0 amide bonds. The lowest BCUT2D eigenvalue weighted by Crippen LogP contribution is -2.45. The van der Waals surface area contributed by atoms with E-state index in [1.807, 2.05) is 12.1 Å². The largest absolute Gasteiger partial charge is 0.493 e. The van der Waals surface area contributed by atoms with Crippen molar-refractivity contribution in [2.45, 2.75) is 13.1 Å². The fraction of sp³-hybridized carbons (Fsp3) is 0.360. The monoisotopic (exact) mass is 406 g/mol. The van der Waals surface area contributed by atoms with E-state index in [2.05, 4.69) is 52.3 Å². The standard InChI is InChI=1S/C25H30N2O3/c1-28-23-15-20(16-24(29-2)25(23)30-3)18-27-12-10-26(11-13-27)17-19-8-9-21-6-4-5-7-22(21)14-19/h4-9,14-16H,10-13,17-18H2,1-3H3. The third-order valence-corrected chi connectivity index (χ3v) is 5.82. The number of piperazine rings is 1. The van der Waals surface area contributed by atoms with Gasteiger partial charge < -0.3 is 14.2 Å². The van der Waals surface area contributed by atoms with Crippen LogP contribution in [-0.2, 0) is 13.1 Å². The quantitative estimate of drug-likeness (QED) is 0.588. The summed E-state index contributed by atoms with van der Waals surface area (Å²) in [7, 11) is 4.95. The summed E-state index contributed by atoms with van der Waals surface area (Å²) in [6, 6.07) is 19.4. The van der Waals surface area contributed by atoms with E-state index in [-0.39, 0.29) is 0 Å². The second-order valence-corrected chi connectivity index (χ2v) is 7.77. The SMILES string of the molecule is COc1cc(CN2CCN(Cc3ccc4ccccc4c3)CC2)cc(OC)c1OC. The zero-order valence-corrected chi connectivity index (χ0v) is 18.1. The first kappa shape index (κ1) is 20.5. The molecule has 0 radical (unpaired) electrons. The third-order valence-electron chi connectivity index (χ3n) is 5.82. The van der Waals surface area contributed by atoms with Gasteiger partial charge in [-0.25, -0.2) is 0 Å². The highest BCUT2D eigenvalue weighted by molar-refractivity contribution is 5.82. The number of fused-ring (bicyclic) bond motifs is 1. The molecule has 0 N–H and O–H groups in total. The van der Waals surface area contributed by atoms with E-state index in [1.165, 1.54) is 21.9 Å². The van der Waals surface area contributed by atoms with Crippen LogP contribution in [0, 0.1) is 0 Å². The van der Waals surface area contributed by atoms with Crippen LogP contribution in [0.5, 0.6) is 17.2 Å². The Balaban J connectivity index is 1.36. The first-order valence-electron chi connectivity index (χ1n) is 10.4. The molecule has 0 unspecified atom stereocenters. The Kier molecular flexibility index (Phi) is 6.41. The summed E-state index contributed by atoms with van der Waals surface area (Å²) in [6.45, 7) is 6.10. The summed E-state index contributed by atoms with van der Waals surface area (Å²) < 4.78 is 16.4. The van der Waals surface area contributed by atoms with Gasteiger partial charge in [-0.2, -0.15) is 0 Å². The Hall–Kier alpha value is -2.76. The molecular formula is C25H30N2O3. The van der Waals surface area contributed by atoms with Gasteiger partial charge in [0.1, 0.15) is 0 Å². The third kappa shape index (κ3) is 4.53. The number of hydrogen-bond donors (Lipinski definition) is 0. The maximum Gasteiger partial charge on any atom is 0.203 e. The fourth-order valence-corrected chi connectivity index (χ4v) is 4.19. The minimum absolute atomic E-state index is 0.643. The average Bonchev–Trinajstić information content (AvgIpc) is 2.79. The van der Waals surface area contributed by atoms with Crippen LogP contribution in [0.2, 0.25) is 0 Å². The normalized spacial score (nSPS) is 15.3. The van der Waals surface area contributed by atoms with Gasteiger partial charge in [-0.1, -0.05) is 36.4 Å². The lowest BCUT2D eigenvalue weighted by molar-refractivity contribution is 0.122. The highest BCUT2D eigenvalue weighted by Crippen LogP contribution is 2.38. The number of nitrogens with zero attached hydrogens (tertiary/aromatic N) is 2. The van der Waals surface area contributed by atoms with Gasteiger partial charge in [0.15, 0.2) is 11.5 Å². The predicted octanol–water partition coefficient (Wildman–Crippen LogP) is 4.18. The minimum Gasteiger partial charge on any atom is -0.493 e. The van der Waals surface area contributed by atoms with Gasteiger partial charge in [-0.3, -0.25) is 9.80 Å². The molecule has 3 aromatic rings. The molecule has 1 fully saturated rings. The van der Waals surface area contributed by atoms with Crippen molar-refractivity contribution < 1.29 is 14.2 Å². The highest BCUT2D eigenvalue weighted by atomic mass is 16.5. The smallest absolute Gasteiger partial charge is 0.203 e. The molecule has 30 heavy (non-hydrogen) atoms. The van der Waals surface area contributed by atoms with Crippen molar-refractivity contribution in [3.63, 3.8) is 0 Å². The van der Waals surface area contributed by atoms with E-state index < -0.39 is 0 Å². The van der Waals surface area contributed by atoms with Gasteiger partial charge in [0.2, 0.25) is 5.75 Å². The molecule has 4 rings (SSSR count). The molecular weight excluding hydrogens is 376 g/mol. The Morgan fingerprint density at radius 3 is 1.77 bits per heavy atom. The summed E-state index contributed by atoms with van der Waals surface area (Å²) in [5, 5.41) is 2.62. The summed E-state index contributed by atoms with van der Waals surface area (Å²) in [4.78, 5) is 5.02. The topological polar surface area (TPSA) is 34.2 Å². The van der Waals surface area contributed by atoms with E-state index in [4.69, 9.17) is 14.2 Å². The van der Waals surface area contributed by atoms with E-state index in [9.17, 15) is 0 Å². The van der Waals surface area contributed by atoms with Crippen molar-refractivity contribution in [1.82, 2.24) is 9.80 Å². The fourth-order valence-electron chi connectivity index (χ4n) is 4.19. The molecule has 1 aliphatic heterocycles. The molecule has 0 spiro atoms. The number of hydrogen-bond acceptors (Lipinski definition) is 5. The Morgan fingerprint density at radius 1 is 0.633 bits per heavy atom. The molecule has 0 aliphatic carbocycles. The molecule has 5 heteroatoms. The molecule has 1 heterocycles. The lowest BCUT2D eigenvalue weighted by atomic mass is 10.1. The van der Waals surface area contributed by atoms with Gasteiger partial charge in [0.05, 0.1) is 21.3 Å². The van der Waals surface area contributed by atoms with Crippen LogP contribution in [0.3, 0.4) is 0 Å². The second-order valence-electron chi connectivity index (χ2n) is 7.77. The van der Waals surface area contributed by atoms with Crippen LogP contribution < -0.4 is 14.2 Å². The van der Waals surface area contributed by atoms with E-state index in [0.29, 0.717) is 17.2 Å². The van der Waals surface area contributed by atoms with E-state index in [0.717, 1.165) is 39.3 Å². The Labute approximate surface area is 178 Å². The lowest BCUT2D eigenvalue weighted by Gasteiger charge is -2.35.